The average Bonchev–Trinajstić information content (AvgIpc) is 3.14. The van der Waals surface area contributed by atoms with Gasteiger partial charge in [-0.1, -0.05) is 140 Å². The molecular weight excluding hydrogens is 569 g/mol. The molecule has 0 radical (unpaired) electrons. The Labute approximate surface area is 277 Å². The standard InChI is InChI=1S/C45H36N2/c1-32(13-9-16-33-14-3-2-4-15-33)27-44(36-20-10-18-34(28-36)39-22-12-26-47-31-39)45(46)38-21-11-19-35(29-38)43-30-37-17-5-6-23-40(37)41-24-7-8-25-42(41)43/h2-14,16-30,46-47H,1,15,31H2/b13-9-,33-16-,44-27-,46-45?. The maximum Gasteiger partial charge on any atom is 0.0690 e. The van der Waals surface area contributed by atoms with Crippen LogP contribution in [0.3, 0.4) is 0 Å². The van der Waals surface area contributed by atoms with Crippen LogP contribution in [-0.4, -0.2) is 12.3 Å². The number of hydrogen-bond donors (Lipinski definition) is 2. The summed E-state index contributed by atoms with van der Waals surface area (Å²) in [6.45, 7) is 5.14. The molecule has 226 valence electrons. The molecule has 2 nitrogen and oxygen atoms in total. The number of nitrogens with one attached hydrogen (secondary N) is 2. The zero-order chi connectivity index (χ0) is 32.0. The highest BCUT2D eigenvalue weighted by atomic mass is 14.8. The summed E-state index contributed by atoms with van der Waals surface area (Å²) in [5.74, 6) is 0. The van der Waals surface area contributed by atoms with E-state index in [1.54, 1.807) is 0 Å². The summed E-state index contributed by atoms with van der Waals surface area (Å²) in [5, 5.41) is 17.8. The van der Waals surface area contributed by atoms with E-state index in [9.17, 15) is 5.41 Å². The maximum absolute atomic E-state index is 9.62. The largest absolute Gasteiger partial charge is 0.387 e. The quantitative estimate of drug-likeness (QED) is 0.103. The van der Waals surface area contributed by atoms with E-state index in [2.05, 4.69) is 145 Å². The molecule has 0 aromatic heterocycles. The van der Waals surface area contributed by atoms with E-state index in [0.29, 0.717) is 5.71 Å². The van der Waals surface area contributed by atoms with Crippen molar-refractivity contribution in [3.8, 4) is 11.1 Å². The van der Waals surface area contributed by atoms with Crippen molar-refractivity contribution in [1.82, 2.24) is 5.32 Å². The Morgan fingerprint density at radius 1 is 0.745 bits per heavy atom. The van der Waals surface area contributed by atoms with Crippen molar-refractivity contribution < 1.29 is 0 Å². The van der Waals surface area contributed by atoms with Crippen LogP contribution in [-0.2, 0) is 0 Å². The van der Waals surface area contributed by atoms with Crippen molar-refractivity contribution in [2.45, 2.75) is 6.42 Å². The first-order valence-electron chi connectivity index (χ1n) is 16.1. The second-order valence-corrected chi connectivity index (χ2v) is 11.9. The third kappa shape index (κ3) is 6.54. The van der Waals surface area contributed by atoms with Crippen LogP contribution >= 0.6 is 0 Å². The lowest BCUT2D eigenvalue weighted by atomic mass is 9.89. The first-order valence-corrected chi connectivity index (χ1v) is 16.1. The Morgan fingerprint density at radius 2 is 1.51 bits per heavy atom. The molecule has 0 amide bonds. The van der Waals surface area contributed by atoms with E-state index >= 15 is 0 Å². The fourth-order valence-electron chi connectivity index (χ4n) is 6.32. The first-order chi connectivity index (χ1) is 23.1. The minimum atomic E-state index is 0.456. The molecule has 47 heavy (non-hydrogen) atoms. The Balaban J connectivity index is 1.29. The van der Waals surface area contributed by atoms with Crippen LogP contribution in [0, 0.1) is 5.41 Å². The predicted octanol–water partition coefficient (Wildman–Crippen LogP) is 11.2. The lowest BCUT2D eigenvalue weighted by Gasteiger charge is -2.16. The molecule has 0 atom stereocenters. The minimum Gasteiger partial charge on any atom is -0.387 e. The highest BCUT2D eigenvalue weighted by molar-refractivity contribution is 6.31. The van der Waals surface area contributed by atoms with Gasteiger partial charge in [0, 0.05) is 17.7 Å². The molecule has 5 aromatic rings. The Bertz CT molecular complexity index is 2250. The molecule has 2 aliphatic rings. The summed E-state index contributed by atoms with van der Waals surface area (Å²) < 4.78 is 0. The van der Waals surface area contributed by atoms with Crippen LogP contribution in [0.25, 0.3) is 43.8 Å². The summed E-state index contributed by atoms with van der Waals surface area (Å²) in [5.41, 5.74) is 9.82. The van der Waals surface area contributed by atoms with Crippen LogP contribution in [0.15, 0.2) is 188 Å². The summed E-state index contributed by atoms with van der Waals surface area (Å²) in [4.78, 5) is 0. The second-order valence-electron chi connectivity index (χ2n) is 11.9. The van der Waals surface area contributed by atoms with Crippen molar-refractivity contribution in [2.24, 2.45) is 0 Å². The number of dihydropyridines is 1. The molecule has 1 heterocycles. The molecule has 5 aromatic carbocycles. The van der Waals surface area contributed by atoms with E-state index in [4.69, 9.17) is 0 Å². The zero-order valence-corrected chi connectivity index (χ0v) is 26.3. The highest BCUT2D eigenvalue weighted by Gasteiger charge is 2.15. The topological polar surface area (TPSA) is 35.9 Å². The minimum absolute atomic E-state index is 0.456. The summed E-state index contributed by atoms with van der Waals surface area (Å²) in [6, 6.07) is 36.3. The molecule has 0 saturated carbocycles. The fraction of sp³-hybridized carbons (Fsp3) is 0.0444. The van der Waals surface area contributed by atoms with Gasteiger partial charge in [-0.05, 0) is 103 Å². The van der Waals surface area contributed by atoms with Crippen molar-refractivity contribution in [2.75, 3.05) is 6.54 Å². The second kappa shape index (κ2) is 13.6. The Kier molecular flexibility index (Phi) is 8.57. The van der Waals surface area contributed by atoms with Crippen LogP contribution in [0.2, 0.25) is 0 Å². The average molecular weight is 605 g/mol. The smallest absolute Gasteiger partial charge is 0.0690 e. The van der Waals surface area contributed by atoms with E-state index in [1.165, 1.54) is 38.3 Å². The molecule has 1 aliphatic carbocycles. The van der Waals surface area contributed by atoms with Gasteiger partial charge in [-0.25, -0.2) is 0 Å². The van der Waals surface area contributed by atoms with Gasteiger partial charge in [0.15, 0.2) is 0 Å². The Morgan fingerprint density at radius 3 is 2.32 bits per heavy atom. The maximum atomic E-state index is 9.62. The number of allylic oxidation sites excluding steroid dienone is 13. The molecule has 2 heteroatoms. The van der Waals surface area contributed by atoms with E-state index < -0.39 is 0 Å². The van der Waals surface area contributed by atoms with Crippen molar-refractivity contribution in [3.05, 3.63) is 205 Å². The van der Waals surface area contributed by atoms with Gasteiger partial charge in [-0.15, -0.1) is 0 Å². The van der Waals surface area contributed by atoms with Gasteiger partial charge in [0.1, 0.15) is 0 Å². The molecule has 0 bridgehead atoms. The normalized spacial score (nSPS) is 15.4. The molecule has 0 unspecified atom stereocenters. The SMILES string of the molecule is C=C(/C=C\C=C1\C=CC=CC1)/C=C(\C(=N)c1cccc(-c2cc3ccccc3c3ccccc23)c1)c1cccc(C2=CC=CNC2)c1. The summed E-state index contributed by atoms with van der Waals surface area (Å²) in [7, 11) is 0. The van der Waals surface area contributed by atoms with Gasteiger partial charge in [0.05, 0.1) is 5.71 Å². The molecule has 0 saturated heterocycles. The third-order valence-corrected chi connectivity index (χ3v) is 8.71. The molecule has 0 fully saturated rings. The number of rotatable bonds is 8. The zero-order valence-electron chi connectivity index (χ0n) is 26.3. The molecule has 2 N–H and O–H groups in total. The van der Waals surface area contributed by atoms with Crippen molar-refractivity contribution in [1.29, 1.82) is 5.41 Å². The summed E-state index contributed by atoms with van der Waals surface area (Å²) >= 11 is 0. The van der Waals surface area contributed by atoms with Gasteiger partial charge in [-0.2, -0.15) is 0 Å². The van der Waals surface area contributed by atoms with Crippen molar-refractivity contribution >= 4 is 38.4 Å². The van der Waals surface area contributed by atoms with Crippen LogP contribution < -0.4 is 5.32 Å². The van der Waals surface area contributed by atoms with E-state index in [1.807, 2.05) is 36.6 Å². The molecule has 7 rings (SSSR count). The lowest BCUT2D eigenvalue weighted by Crippen LogP contribution is -2.12. The lowest BCUT2D eigenvalue weighted by molar-refractivity contribution is 0.986. The van der Waals surface area contributed by atoms with Gasteiger partial charge in [-0.3, -0.25) is 5.41 Å². The highest BCUT2D eigenvalue weighted by Crippen LogP contribution is 2.36. The van der Waals surface area contributed by atoms with Gasteiger partial charge in [0.25, 0.3) is 0 Å². The van der Waals surface area contributed by atoms with Gasteiger partial charge in [0.2, 0.25) is 0 Å². The fourth-order valence-corrected chi connectivity index (χ4v) is 6.32. The first kappa shape index (κ1) is 29.7. The monoisotopic (exact) mass is 604 g/mol. The third-order valence-electron chi connectivity index (χ3n) is 8.71. The molecule has 1 aliphatic heterocycles. The van der Waals surface area contributed by atoms with Crippen molar-refractivity contribution in [3.63, 3.8) is 0 Å². The van der Waals surface area contributed by atoms with Crippen LogP contribution in [0.4, 0.5) is 0 Å². The Hall–Kier alpha value is -5.99. The van der Waals surface area contributed by atoms with E-state index in [0.717, 1.165) is 46.4 Å². The molecule has 0 spiro atoms. The van der Waals surface area contributed by atoms with Gasteiger partial charge >= 0.3 is 0 Å². The van der Waals surface area contributed by atoms with Crippen LogP contribution in [0.1, 0.15) is 23.1 Å². The van der Waals surface area contributed by atoms with Gasteiger partial charge < -0.3 is 5.32 Å². The summed E-state index contributed by atoms with van der Waals surface area (Å²) in [6.07, 6.45) is 23.7. The van der Waals surface area contributed by atoms with Crippen LogP contribution in [0.5, 0.6) is 0 Å². The predicted molar refractivity (Wildman–Crippen MR) is 203 cm³/mol. The van der Waals surface area contributed by atoms with E-state index in [-0.39, 0.29) is 0 Å². The molecular formula is C45H36N2. The number of benzene rings is 5. The number of hydrogen-bond acceptors (Lipinski definition) is 2. The number of fused-ring (bicyclic) bond motifs is 3.